The predicted octanol–water partition coefficient (Wildman–Crippen LogP) is 3.34. The van der Waals surface area contributed by atoms with Gasteiger partial charge in [0.25, 0.3) is 0 Å². The Morgan fingerprint density at radius 2 is 1.85 bits per heavy atom. The Morgan fingerprint density at radius 1 is 1.10 bits per heavy atom. The number of nitrogens with one attached hydrogen (secondary N) is 1. The van der Waals surface area contributed by atoms with Crippen LogP contribution in [0.4, 0.5) is 0 Å². The van der Waals surface area contributed by atoms with Crippen molar-refractivity contribution in [2.24, 2.45) is 0 Å². The summed E-state index contributed by atoms with van der Waals surface area (Å²) < 4.78 is 8.86. The first-order chi connectivity index (χ1) is 9.47. The fourth-order valence-corrected chi connectivity index (χ4v) is 2.89. The van der Waals surface area contributed by atoms with Crippen LogP contribution in [0.3, 0.4) is 0 Å². The van der Waals surface area contributed by atoms with Crippen LogP contribution in [0.5, 0.6) is 0 Å². The summed E-state index contributed by atoms with van der Waals surface area (Å²) in [6, 6.07) is 7.58. The van der Waals surface area contributed by atoms with Gasteiger partial charge < -0.3 is 4.98 Å². The summed E-state index contributed by atoms with van der Waals surface area (Å²) in [5.41, 5.74) is 4.70. The molecule has 0 aliphatic rings. The summed E-state index contributed by atoms with van der Waals surface area (Å²) in [5, 5.41) is 0. The number of aromatic amines is 1. The van der Waals surface area contributed by atoms with Gasteiger partial charge in [-0.15, -0.1) is 0 Å². The van der Waals surface area contributed by atoms with Crippen LogP contribution in [0.15, 0.2) is 35.3 Å². The summed E-state index contributed by atoms with van der Waals surface area (Å²) in [6.07, 6.45) is 1.65. The highest BCUT2D eigenvalue weighted by molar-refractivity contribution is 7.00. The second kappa shape index (κ2) is 4.52. The lowest BCUT2D eigenvalue weighted by Gasteiger charge is -2.19. The number of hydrogen-bond acceptors (Lipinski definition) is 4. The maximum atomic E-state index is 11.5. The van der Waals surface area contributed by atoms with E-state index in [1.165, 1.54) is 17.3 Å². The molecule has 0 spiro atoms. The Labute approximate surface area is 120 Å². The van der Waals surface area contributed by atoms with E-state index in [-0.39, 0.29) is 11.0 Å². The zero-order chi connectivity index (χ0) is 14.3. The number of hydrogen-bond donors (Lipinski definition) is 1. The molecule has 0 amide bonds. The molecule has 5 heteroatoms. The average molecular weight is 285 g/mol. The molecule has 102 valence electrons. The van der Waals surface area contributed by atoms with E-state index in [9.17, 15) is 4.79 Å². The van der Waals surface area contributed by atoms with Gasteiger partial charge in [0.2, 0.25) is 5.56 Å². The number of fused-ring (bicyclic) bond motifs is 1. The van der Waals surface area contributed by atoms with E-state index in [2.05, 4.69) is 40.6 Å². The van der Waals surface area contributed by atoms with E-state index >= 15 is 0 Å². The van der Waals surface area contributed by atoms with Gasteiger partial charge in [0.1, 0.15) is 11.0 Å². The highest BCUT2D eigenvalue weighted by atomic mass is 32.1. The van der Waals surface area contributed by atoms with Crippen LogP contribution in [0.25, 0.3) is 22.2 Å². The van der Waals surface area contributed by atoms with Gasteiger partial charge in [-0.2, -0.15) is 8.75 Å². The molecule has 0 atom stereocenters. The fraction of sp³-hybridized carbons (Fsp3) is 0.267. The predicted molar refractivity (Wildman–Crippen MR) is 82.2 cm³/mol. The lowest BCUT2D eigenvalue weighted by Crippen LogP contribution is -2.12. The molecular weight excluding hydrogens is 270 g/mol. The zero-order valence-corrected chi connectivity index (χ0v) is 12.4. The number of aromatic nitrogens is 3. The average Bonchev–Trinajstić information content (AvgIpc) is 2.85. The van der Waals surface area contributed by atoms with Crippen LogP contribution >= 0.6 is 11.7 Å². The molecule has 0 fully saturated rings. The molecule has 1 aromatic carbocycles. The van der Waals surface area contributed by atoms with E-state index < -0.39 is 0 Å². The van der Waals surface area contributed by atoms with Gasteiger partial charge in [0, 0.05) is 17.8 Å². The maximum Gasteiger partial charge on any atom is 0.248 e. The Morgan fingerprint density at radius 3 is 2.55 bits per heavy atom. The number of rotatable bonds is 1. The second-order valence-corrected chi connectivity index (χ2v) is 6.34. The molecule has 3 rings (SSSR count). The monoisotopic (exact) mass is 285 g/mol. The van der Waals surface area contributed by atoms with E-state index in [0.29, 0.717) is 0 Å². The molecule has 20 heavy (non-hydrogen) atoms. The Kier molecular flexibility index (Phi) is 2.94. The molecule has 0 aliphatic heterocycles. The first-order valence-electron chi connectivity index (χ1n) is 6.42. The van der Waals surface area contributed by atoms with E-state index in [0.717, 1.165) is 22.2 Å². The SMILES string of the molecule is CC(C)(C)c1ccc(-c2cc[nH]c(=O)c2)c2nsnc12. The van der Waals surface area contributed by atoms with Crippen molar-refractivity contribution in [1.82, 2.24) is 13.7 Å². The zero-order valence-electron chi connectivity index (χ0n) is 11.6. The highest BCUT2D eigenvalue weighted by Gasteiger charge is 2.21. The smallest absolute Gasteiger partial charge is 0.248 e. The van der Waals surface area contributed by atoms with Gasteiger partial charge in [-0.05, 0) is 22.6 Å². The third-order valence-corrected chi connectivity index (χ3v) is 3.84. The van der Waals surface area contributed by atoms with Crippen molar-refractivity contribution >= 4 is 22.8 Å². The Hall–Kier alpha value is -2.01. The highest BCUT2D eigenvalue weighted by Crippen LogP contribution is 2.34. The third kappa shape index (κ3) is 2.14. The lowest BCUT2D eigenvalue weighted by atomic mass is 9.85. The van der Waals surface area contributed by atoms with Crippen molar-refractivity contribution in [1.29, 1.82) is 0 Å². The number of benzene rings is 1. The largest absolute Gasteiger partial charge is 0.329 e. The summed E-state index contributed by atoms with van der Waals surface area (Å²) >= 11 is 1.21. The van der Waals surface area contributed by atoms with Crippen LogP contribution in [0.1, 0.15) is 26.3 Å². The summed E-state index contributed by atoms with van der Waals surface area (Å²) in [6.45, 7) is 6.48. The molecule has 0 unspecified atom stereocenters. The van der Waals surface area contributed by atoms with Crippen molar-refractivity contribution in [2.45, 2.75) is 26.2 Å². The van der Waals surface area contributed by atoms with Gasteiger partial charge in [0.15, 0.2) is 0 Å². The van der Waals surface area contributed by atoms with E-state index in [1.807, 2.05) is 12.1 Å². The summed E-state index contributed by atoms with van der Waals surface area (Å²) in [5.74, 6) is 0. The molecular formula is C15H15N3OS. The Bertz CT molecular complexity index is 827. The van der Waals surface area contributed by atoms with Crippen LogP contribution in [0, 0.1) is 0 Å². The third-order valence-electron chi connectivity index (χ3n) is 3.31. The van der Waals surface area contributed by atoms with Gasteiger partial charge in [-0.1, -0.05) is 32.9 Å². The molecule has 2 aromatic heterocycles. The van der Waals surface area contributed by atoms with Gasteiger partial charge >= 0.3 is 0 Å². The van der Waals surface area contributed by atoms with Crippen molar-refractivity contribution in [3.8, 4) is 11.1 Å². The van der Waals surface area contributed by atoms with Crippen LogP contribution < -0.4 is 5.56 Å². The summed E-state index contributed by atoms with van der Waals surface area (Å²) in [4.78, 5) is 14.1. The number of H-pyrrole nitrogens is 1. The van der Waals surface area contributed by atoms with Crippen LogP contribution in [0.2, 0.25) is 0 Å². The first kappa shape index (κ1) is 13.0. The lowest BCUT2D eigenvalue weighted by molar-refractivity contribution is 0.595. The standard InChI is InChI=1S/C15H15N3OS/c1-15(2,3)11-5-4-10(13-14(11)18-20-17-13)9-6-7-16-12(19)8-9/h4-8H,1-3H3,(H,16,19). The normalized spacial score (nSPS) is 11.9. The molecule has 1 N–H and O–H groups in total. The molecule has 0 saturated heterocycles. The van der Waals surface area contributed by atoms with Crippen LogP contribution in [-0.2, 0) is 5.41 Å². The quantitative estimate of drug-likeness (QED) is 0.746. The number of pyridine rings is 1. The van der Waals surface area contributed by atoms with Gasteiger partial charge in [0.05, 0.1) is 11.7 Å². The van der Waals surface area contributed by atoms with Gasteiger partial charge in [-0.3, -0.25) is 4.79 Å². The molecule has 0 aliphatic carbocycles. The van der Waals surface area contributed by atoms with E-state index in [4.69, 9.17) is 0 Å². The molecule has 4 nitrogen and oxygen atoms in total. The van der Waals surface area contributed by atoms with Crippen molar-refractivity contribution in [3.63, 3.8) is 0 Å². The maximum absolute atomic E-state index is 11.5. The summed E-state index contributed by atoms with van der Waals surface area (Å²) in [7, 11) is 0. The topological polar surface area (TPSA) is 58.6 Å². The van der Waals surface area contributed by atoms with Gasteiger partial charge in [-0.25, -0.2) is 0 Å². The minimum Gasteiger partial charge on any atom is -0.329 e. The van der Waals surface area contributed by atoms with E-state index in [1.54, 1.807) is 12.3 Å². The minimum absolute atomic E-state index is 0.0146. The Balaban J connectivity index is 2.30. The van der Waals surface area contributed by atoms with Crippen molar-refractivity contribution < 1.29 is 0 Å². The molecule has 0 saturated carbocycles. The van der Waals surface area contributed by atoms with Crippen LogP contribution in [-0.4, -0.2) is 13.7 Å². The molecule has 0 bridgehead atoms. The van der Waals surface area contributed by atoms with Crippen molar-refractivity contribution in [3.05, 3.63) is 46.4 Å². The minimum atomic E-state index is -0.112. The molecule has 2 heterocycles. The van der Waals surface area contributed by atoms with Crippen molar-refractivity contribution in [2.75, 3.05) is 0 Å². The first-order valence-corrected chi connectivity index (χ1v) is 7.15. The molecule has 0 radical (unpaired) electrons. The molecule has 3 aromatic rings. The number of nitrogens with zero attached hydrogens (tertiary/aromatic N) is 2. The fourth-order valence-electron chi connectivity index (χ4n) is 2.32. The second-order valence-electron chi connectivity index (χ2n) is 5.81.